The summed E-state index contributed by atoms with van der Waals surface area (Å²) in [7, 11) is 0. The van der Waals surface area contributed by atoms with E-state index in [2.05, 4.69) is 10.3 Å². The van der Waals surface area contributed by atoms with Crippen LogP contribution < -0.4 is 11.1 Å². The van der Waals surface area contributed by atoms with Crippen molar-refractivity contribution in [1.29, 1.82) is 0 Å². The number of nitrogens with two attached hydrogens (primary N) is 1. The Balaban J connectivity index is 2.34. The molecule has 0 unspecified atom stereocenters. The lowest BCUT2D eigenvalue weighted by molar-refractivity contribution is -0.116. The summed E-state index contributed by atoms with van der Waals surface area (Å²) < 4.78 is 0. The summed E-state index contributed by atoms with van der Waals surface area (Å²) >= 11 is 0.940. The van der Waals surface area contributed by atoms with Gasteiger partial charge in [0.25, 0.3) is 0 Å². The number of nitrogen functional groups attached to an aromatic ring is 1. The van der Waals surface area contributed by atoms with Crippen LogP contribution in [0.1, 0.15) is 29.9 Å². The highest BCUT2D eigenvalue weighted by atomic mass is 32.1. The number of aromatic carboxylic acids is 1. The molecular formula is C15H17N3O3S. The summed E-state index contributed by atoms with van der Waals surface area (Å²) in [6.07, 6.45) is 0.357. The molecule has 0 aliphatic heterocycles. The molecule has 6 nitrogen and oxygen atoms in total. The Morgan fingerprint density at radius 3 is 2.73 bits per heavy atom. The molecule has 0 fully saturated rings. The van der Waals surface area contributed by atoms with Crippen molar-refractivity contribution in [2.24, 2.45) is 5.92 Å². The molecule has 0 aliphatic carbocycles. The van der Waals surface area contributed by atoms with Gasteiger partial charge in [-0.3, -0.25) is 4.79 Å². The number of nitrogens with zero attached hydrogens (tertiary/aromatic N) is 1. The first-order valence-electron chi connectivity index (χ1n) is 6.76. The Bertz CT molecular complexity index is 710. The van der Waals surface area contributed by atoms with E-state index in [0.29, 0.717) is 23.4 Å². The van der Waals surface area contributed by atoms with E-state index in [1.165, 1.54) is 0 Å². The minimum atomic E-state index is -1.08. The Morgan fingerprint density at radius 2 is 2.14 bits per heavy atom. The van der Waals surface area contributed by atoms with Crippen LogP contribution in [0.5, 0.6) is 0 Å². The average Bonchev–Trinajstić information content (AvgIpc) is 2.81. The smallest absolute Gasteiger partial charge is 0.348 e. The molecule has 0 aliphatic rings. The molecule has 116 valence electrons. The van der Waals surface area contributed by atoms with Gasteiger partial charge in [0.1, 0.15) is 4.88 Å². The molecule has 22 heavy (non-hydrogen) atoms. The third-order valence-corrected chi connectivity index (χ3v) is 3.78. The monoisotopic (exact) mass is 319 g/mol. The molecule has 1 amide bonds. The van der Waals surface area contributed by atoms with Gasteiger partial charge in [0, 0.05) is 17.7 Å². The third kappa shape index (κ3) is 3.82. The minimum absolute atomic E-state index is 0.0745. The van der Waals surface area contributed by atoms with Crippen molar-refractivity contribution in [3.05, 3.63) is 29.1 Å². The zero-order chi connectivity index (χ0) is 16.3. The average molecular weight is 319 g/mol. The number of carbonyl (C=O) groups is 2. The van der Waals surface area contributed by atoms with E-state index in [1.807, 2.05) is 13.8 Å². The number of amides is 1. The van der Waals surface area contributed by atoms with E-state index in [9.17, 15) is 14.7 Å². The standard InChI is InChI=1S/C15H17N3O3S/c1-8(2)6-11(19)17-15-18-12(13(22-15)14(20)21)9-4-3-5-10(16)7-9/h3-5,7-8H,6,16H2,1-2H3,(H,20,21)(H,17,18,19). The highest BCUT2D eigenvalue weighted by Crippen LogP contribution is 2.32. The molecule has 2 aromatic rings. The van der Waals surface area contributed by atoms with Crippen molar-refractivity contribution in [2.75, 3.05) is 11.1 Å². The molecule has 7 heteroatoms. The van der Waals surface area contributed by atoms with Gasteiger partial charge >= 0.3 is 5.97 Å². The van der Waals surface area contributed by atoms with Crippen molar-refractivity contribution in [1.82, 2.24) is 4.98 Å². The molecule has 0 saturated heterocycles. The van der Waals surface area contributed by atoms with Crippen LogP contribution in [0.15, 0.2) is 24.3 Å². The van der Waals surface area contributed by atoms with Crippen molar-refractivity contribution in [2.45, 2.75) is 20.3 Å². The molecule has 0 radical (unpaired) electrons. The number of aromatic nitrogens is 1. The number of anilines is 2. The lowest BCUT2D eigenvalue weighted by atomic mass is 10.1. The Labute approximate surface area is 132 Å². The molecule has 0 saturated carbocycles. The minimum Gasteiger partial charge on any atom is -0.477 e. The van der Waals surface area contributed by atoms with Crippen molar-refractivity contribution >= 4 is 34.0 Å². The number of carbonyl (C=O) groups excluding carboxylic acids is 1. The first-order chi connectivity index (χ1) is 10.4. The summed E-state index contributed by atoms with van der Waals surface area (Å²) in [5, 5.41) is 12.2. The maximum atomic E-state index is 11.8. The zero-order valence-corrected chi connectivity index (χ0v) is 13.1. The van der Waals surface area contributed by atoms with Gasteiger partial charge in [-0.15, -0.1) is 0 Å². The van der Waals surface area contributed by atoms with E-state index in [-0.39, 0.29) is 21.8 Å². The summed E-state index contributed by atoms with van der Waals surface area (Å²) in [5.74, 6) is -1.05. The van der Waals surface area contributed by atoms with Crippen molar-refractivity contribution in [3.8, 4) is 11.3 Å². The molecule has 1 heterocycles. The first kappa shape index (κ1) is 16.0. The van der Waals surface area contributed by atoms with E-state index in [1.54, 1.807) is 24.3 Å². The molecule has 1 aromatic heterocycles. The lowest BCUT2D eigenvalue weighted by Crippen LogP contribution is -2.13. The zero-order valence-electron chi connectivity index (χ0n) is 12.3. The van der Waals surface area contributed by atoms with E-state index >= 15 is 0 Å². The van der Waals surface area contributed by atoms with Crippen LogP contribution in [0.2, 0.25) is 0 Å². The van der Waals surface area contributed by atoms with Gasteiger partial charge in [0.15, 0.2) is 5.13 Å². The number of thiazole rings is 1. The van der Waals surface area contributed by atoms with E-state index < -0.39 is 5.97 Å². The van der Waals surface area contributed by atoms with E-state index in [4.69, 9.17) is 5.73 Å². The maximum absolute atomic E-state index is 11.8. The SMILES string of the molecule is CC(C)CC(=O)Nc1nc(-c2cccc(N)c2)c(C(=O)O)s1. The molecule has 2 rings (SSSR count). The molecule has 1 aromatic carbocycles. The van der Waals surface area contributed by atoms with Crippen LogP contribution in [0.25, 0.3) is 11.3 Å². The van der Waals surface area contributed by atoms with Crippen molar-refractivity contribution in [3.63, 3.8) is 0 Å². The van der Waals surface area contributed by atoms with Gasteiger partial charge in [0.05, 0.1) is 5.69 Å². The van der Waals surface area contributed by atoms with Crippen LogP contribution >= 0.6 is 11.3 Å². The summed E-state index contributed by atoms with van der Waals surface area (Å²) in [5.41, 5.74) is 7.16. The van der Waals surface area contributed by atoms with Gasteiger partial charge in [-0.05, 0) is 18.1 Å². The van der Waals surface area contributed by atoms with Gasteiger partial charge < -0.3 is 16.2 Å². The number of hydrogen-bond acceptors (Lipinski definition) is 5. The van der Waals surface area contributed by atoms with Crippen LogP contribution in [0.4, 0.5) is 10.8 Å². The number of rotatable bonds is 5. The topological polar surface area (TPSA) is 105 Å². The third-order valence-electron chi connectivity index (χ3n) is 2.82. The highest BCUT2D eigenvalue weighted by molar-refractivity contribution is 7.18. The predicted octanol–water partition coefficient (Wildman–Crippen LogP) is 3.08. The number of hydrogen-bond donors (Lipinski definition) is 3. The number of carboxylic acids is 1. The highest BCUT2D eigenvalue weighted by Gasteiger charge is 2.20. The molecule has 0 atom stereocenters. The van der Waals surface area contributed by atoms with Crippen LogP contribution in [-0.2, 0) is 4.79 Å². The lowest BCUT2D eigenvalue weighted by Gasteiger charge is -2.03. The van der Waals surface area contributed by atoms with Crippen LogP contribution in [0, 0.1) is 5.92 Å². The fourth-order valence-corrected chi connectivity index (χ4v) is 2.78. The van der Waals surface area contributed by atoms with Gasteiger partial charge in [0.2, 0.25) is 5.91 Å². The predicted molar refractivity (Wildman–Crippen MR) is 87.0 cm³/mol. The Kier molecular flexibility index (Phi) is 4.77. The first-order valence-corrected chi connectivity index (χ1v) is 7.58. The molecular weight excluding hydrogens is 302 g/mol. The van der Waals surface area contributed by atoms with Crippen molar-refractivity contribution < 1.29 is 14.7 Å². The Hall–Kier alpha value is -2.41. The fraction of sp³-hybridized carbons (Fsp3) is 0.267. The number of nitrogens with one attached hydrogen (secondary N) is 1. The van der Waals surface area contributed by atoms with Gasteiger partial charge in [-0.1, -0.05) is 37.3 Å². The maximum Gasteiger partial charge on any atom is 0.348 e. The second-order valence-electron chi connectivity index (χ2n) is 5.27. The number of carboxylic acid groups (broad SMARTS) is 1. The number of benzene rings is 1. The summed E-state index contributed by atoms with van der Waals surface area (Å²) in [4.78, 5) is 27.5. The van der Waals surface area contributed by atoms with Gasteiger partial charge in [-0.25, -0.2) is 9.78 Å². The van der Waals surface area contributed by atoms with Gasteiger partial charge in [-0.2, -0.15) is 0 Å². The largest absolute Gasteiger partial charge is 0.477 e. The second kappa shape index (κ2) is 6.57. The fourth-order valence-electron chi connectivity index (χ4n) is 1.94. The van der Waals surface area contributed by atoms with E-state index in [0.717, 1.165) is 11.3 Å². The molecule has 0 bridgehead atoms. The summed E-state index contributed by atoms with van der Waals surface area (Å²) in [6.45, 7) is 3.87. The Morgan fingerprint density at radius 1 is 1.41 bits per heavy atom. The van der Waals surface area contributed by atoms with Crippen LogP contribution in [-0.4, -0.2) is 22.0 Å². The molecule has 0 spiro atoms. The molecule has 4 N–H and O–H groups in total. The normalized spacial score (nSPS) is 10.7. The second-order valence-corrected chi connectivity index (χ2v) is 6.27. The quantitative estimate of drug-likeness (QED) is 0.734. The summed E-state index contributed by atoms with van der Waals surface area (Å²) in [6, 6.07) is 6.83. The van der Waals surface area contributed by atoms with Crippen LogP contribution in [0.3, 0.4) is 0 Å².